The molecular weight excluding hydrogens is 238 g/mol. The molecule has 2 N–H and O–H groups in total. The maximum Gasteiger partial charge on any atom is 0.231 e. The molecule has 1 atom stereocenters. The van der Waals surface area contributed by atoms with E-state index in [4.69, 9.17) is 15.2 Å². The number of nitrogens with two attached hydrogens (primary N) is 1. The fourth-order valence-corrected chi connectivity index (χ4v) is 2.35. The Balaban J connectivity index is 1.78. The van der Waals surface area contributed by atoms with E-state index in [0.717, 1.165) is 23.5 Å². The molecule has 0 bridgehead atoms. The number of aryl methyl sites for hydroxylation is 1. The molecule has 19 heavy (non-hydrogen) atoms. The van der Waals surface area contributed by atoms with Crippen molar-refractivity contribution in [2.45, 2.75) is 19.4 Å². The van der Waals surface area contributed by atoms with E-state index in [1.165, 1.54) is 11.1 Å². The van der Waals surface area contributed by atoms with Crippen LogP contribution in [0.15, 0.2) is 42.5 Å². The average molecular weight is 255 g/mol. The van der Waals surface area contributed by atoms with Crippen molar-refractivity contribution in [2.24, 2.45) is 5.73 Å². The van der Waals surface area contributed by atoms with E-state index in [0.29, 0.717) is 6.79 Å². The Morgan fingerprint density at radius 3 is 2.79 bits per heavy atom. The molecule has 0 aliphatic carbocycles. The molecule has 3 nitrogen and oxygen atoms in total. The number of rotatable bonds is 3. The van der Waals surface area contributed by atoms with Gasteiger partial charge in [0.05, 0.1) is 0 Å². The van der Waals surface area contributed by atoms with Crippen molar-refractivity contribution in [3.05, 3.63) is 59.2 Å². The van der Waals surface area contributed by atoms with Gasteiger partial charge in [0, 0.05) is 6.04 Å². The molecule has 0 spiro atoms. The van der Waals surface area contributed by atoms with E-state index in [1.807, 2.05) is 18.2 Å². The molecule has 3 heteroatoms. The van der Waals surface area contributed by atoms with Crippen molar-refractivity contribution in [3.63, 3.8) is 0 Å². The van der Waals surface area contributed by atoms with Crippen LogP contribution in [0.3, 0.4) is 0 Å². The number of fused-ring (bicyclic) bond motifs is 1. The molecular formula is C16H17NO2. The molecule has 1 aliphatic heterocycles. The molecule has 1 aliphatic rings. The van der Waals surface area contributed by atoms with Gasteiger partial charge in [0.25, 0.3) is 0 Å². The SMILES string of the molecule is Cc1cccc(CC(N)c2ccc3c(c2)OCO3)c1. The lowest BCUT2D eigenvalue weighted by Gasteiger charge is -2.13. The third kappa shape index (κ3) is 2.56. The van der Waals surface area contributed by atoms with Gasteiger partial charge in [-0.25, -0.2) is 0 Å². The predicted octanol–water partition coefficient (Wildman–Crippen LogP) is 2.97. The van der Waals surface area contributed by atoms with Crippen LogP contribution in [0.2, 0.25) is 0 Å². The molecule has 2 aromatic carbocycles. The zero-order valence-corrected chi connectivity index (χ0v) is 10.9. The predicted molar refractivity (Wildman–Crippen MR) is 74.4 cm³/mol. The van der Waals surface area contributed by atoms with E-state index in [-0.39, 0.29) is 6.04 Å². The van der Waals surface area contributed by atoms with Crippen molar-refractivity contribution in [3.8, 4) is 11.5 Å². The second kappa shape index (κ2) is 4.94. The average Bonchev–Trinajstić information content (AvgIpc) is 2.85. The fourth-order valence-electron chi connectivity index (χ4n) is 2.35. The van der Waals surface area contributed by atoms with Gasteiger partial charge in [0.2, 0.25) is 6.79 Å². The quantitative estimate of drug-likeness (QED) is 0.917. The van der Waals surface area contributed by atoms with E-state index in [2.05, 4.69) is 31.2 Å². The van der Waals surface area contributed by atoms with Gasteiger partial charge in [-0.2, -0.15) is 0 Å². The van der Waals surface area contributed by atoms with Crippen LogP contribution in [0.1, 0.15) is 22.7 Å². The minimum Gasteiger partial charge on any atom is -0.454 e. The zero-order valence-electron chi connectivity index (χ0n) is 10.9. The monoisotopic (exact) mass is 255 g/mol. The first-order valence-corrected chi connectivity index (χ1v) is 6.43. The highest BCUT2D eigenvalue weighted by atomic mass is 16.7. The Bertz CT molecular complexity index is 595. The summed E-state index contributed by atoms with van der Waals surface area (Å²) < 4.78 is 10.7. The Labute approximate surface area is 113 Å². The van der Waals surface area contributed by atoms with E-state index in [9.17, 15) is 0 Å². The topological polar surface area (TPSA) is 44.5 Å². The van der Waals surface area contributed by atoms with Crippen molar-refractivity contribution in [2.75, 3.05) is 6.79 Å². The largest absolute Gasteiger partial charge is 0.454 e. The van der Waals surface area contributed by atoms with Gasteiger partial charge in [-0.3, -0.25) is 0 Å². The van der Waals surface area contributed by atoms with Crippen molar-refractivity contribution < 1.29 is 9.47 Å². The summed E-state index contributed by atoms with van der Waals surface area (Å²) in [5.41, 5.74) is 9.86. The van der Waals surface area contributed by atoms with Gasteiger partial charge in [0.15, 0.2) is 11.5 Å². The van der Waals surface area contributed by atoms with E-state index >= 15 is 0 Å². The maximum atomic E-state index is 6.27. The molecule has 2 aromatic rings. The van der Waals surface area contributed by atoms with Gasteiger partial charge < -0.3 is 15.2 Å². The van der Waals surface area contributed by atoms with Gasteiger partial charge in [0.1, 0.15) is 0 Å². The molecule has 3 rings (SSSR count). The Hall–Kier alpha value is -2.00. The molecule has 98 valence electrons. The highest BCUT2D eigenvalue weighted by molar-refractivity contribution is 5.45. The first-order chi connectivity index (χ1) is 9.22. The molecule has 0 amide bonds. The highest BCUT2D eigenvalue weighted by Crippen LogP contribution is 2.34. The van der Waals surface area contributed by atoms with Gasteiger partial charge in [-0.1, -0.05) is 35.9 Å². The summed E-state index contributed by atoms with van der Waals surface area (Å²) in [5.74, 6) is 1.59. The highest BCUT2D eigenvalue weighted by Gasteiger charge is 2.16. The third-order valence-electron chi connectivity index (χ3n) is 3.36. The summed E-state index contributed by atoms with van der Waals surface area (Å²) in [5, 5.41) is 0. The summed E-state index contributed by atoms with van der Waals surface area (Å²) in [6.45, 7) is 2.39. The van der Waals surface area contributed by atoms with Gasteiger partial charge in [-0.15, -0.1) is 0 Å². The summed E-state index contributed by atoms with van der Waals surface area (Å²) in [6, 6.07) is 14.3. The van der Waals surface area contributed by atoms with E-state index in [1.54, 1.807) is 0 Å². The zero-order chi connectivity index (χ0) is 13.2. The normalized spacial score (nSPS) is 14.4. The lowest BCUT2D eigenvalue weighted by Crippen LogP contribution is -2.13. The van der Waals surface area contributed by atoms with Crippen LogP contribution in [0.25, 0.3) is 0 Å². The molecule has 0 saturated heterocycles. The van der Waals surface area contributed by atoms with Crippen LogP contribution in [0.5, 0.6) is 11.5 Å². The van der Waals surface area contributed by atoms with Crippen LogP contribution in [0.4, 0.5) is 0 Å². The molecule has 0 radical (unpaired) electrons. The summed E-state index contributed by atoms with van der Waals surface area (Å²) in [7, 11) is 0. The maximum absolute atomic E-state index is 6.27. The number of hydrogen-bond acceptors (Lipinski definition) is 3. The first kappa shape index (κ1) is 12.1. The van der Waals surface area contributed by atoms with Crippen LogP contribution >= 0.6 is 0 Å². The number of ether oxygens (including phenoxy) is 2. The Morgan fingerprint density at radius 1 is 1.11 bits per heavy atom. The number of hydrogen-bond donors (Lipinski definition) is 1. The van der Waals surface area contributed by atoms with Crippen LogP contribution in [-0.2, 0) is 6.42 Å². The number of benzene rings is 2. The molecule has 1 unspecified atom stereocenters. The fraction of sp³-hybridized carbons (Fsp3) is 0.250. The summed E-state index contributed by atoms with van der Waals surface area (Å²) in [6.07, 6.45) is 0.821. The molecule has 1 heterocycles. The lowest BCUT2D eigenvalue weighted by atomic mass is 9.98. The molecule has 0 saturated carbocycles. The van der Waals surface area contributed by atoms with Crippen LogP contribution in [0, 0.1) is 6.92 Å². The second-order valence-electron chi connectivity index (χ2n) is 4.91. The van der Waals surface area contributed by atoms with E-state index < -0.39 is 0 Å². The van der Waals surface area contributed by atoms with Gasteiger partial charge in [-0.05, 0) is 36.6 Å². The van der Waals surface area contributed by atoms with Gasteiger partial charge >= 0.3 is 0 Å². The smallest absolute Gasteiger partial charge is 0.231 e. The Morgan fingerprint density at radius 2 is 1.95 bits per heavy atom. The minimum atomic E-state index is -0.0312. The minimum absolute atomic E-state index is 0.0312. The van der Waals surface area contributed by atoms with Crippen LogP contribution < -0.4 is 15.2 Å². The Kier molecular flexibility index (Phi) is 3.13. The van der Waals surface area contributed by atoms with Crippen molar-refractivity contribution >= 4 is 0 Å². The molecule has 0 fully saturated rings. The summed E-state index contributed by atoms with van der Waals surface area (Å²) >= 11 is 0. The third-order valence-corrected chi connectivity index (χ3v) is 3.36. The van der Waals surface area contributed by atoms with Crippen LogP contribution in [-0.4, -0.2) is 6.79 Å². The second-order valence-corrected chi connectivity index (χ2v) is 4.91. The van der Waals surface area contributed by atoms with Crippen molar-refractivity contribution in [1.82, 2.24) is 0 Å². The summed E-state index contributed by atoms with van der Waals surface area (Å²) in [4.78, 5) is 0. The first-order valence-electron chi connectivity index (χ1n) is 6.43. The molecule has 0 aromatic heterocycles. The standard InChI is InChI=1S/C16H17NO2/c1-11-3-2-4-12(7-11)8-14(17)13-5-6-15-16(9-13)19-10-18-15/h2-7,9,14H,8,10,17H2,1H3. The lowest BCUT2D eigenvalue weighted by molar-refractivity contribution is 0.174. The van der Waals surface area contributed by atoms with Crippen molar-refractivity contribution in [1.29, 1.82) is 0 Å².